The summed E-state index contributed by atoms with van der Waals surface area (Å²) in [5, 5.41) is 2.51. The van der Waals surface area contributed by atoms with Crippen LogP contribution in [0.25, 0.3) is 0 Å². The van der Waals surface area contributed by atoms with E-state index < -0.39 is 12.2 Å². The second-order valence-corrected chi connectivity index (χ2v) is 3.60. The minimum atomic E-state index is -4.23. The highest BCUT2D eigenvalue weighted by molar-refractivity contribution is 5.12. The molecule has 1 aliphatic heterocycles. The monoisotopic (exact) mass is 223 g/mol. The molecule has 0 fully saturated rings. The molecule has 1 N–H and O–H groups in total. The molecule has 0 aromatic carbocycles. The summed E-state index contributed by atoms with van der Waals surface area (Å²) in [4.78, 5) is 0. The van der Waals surface area contributed by atoms with Gasteiger partial charge in [-0.15, -0.1) is 0 Å². The van der Waals surface area contributed by atoms with Crippen molar-refractivity contribution in [3.8, 4) is 0 Å². The van der Waals surface area contributed by atoms with Gasteiger partial charge in [0.05, 0.1) is 12.9 Å². The van der Waals surface area contributed by atoms with Gasteiger partial charge in [-0.05, 0) is 31.4 Å². The van der Waals surface area contributed by atoms with Crippen molar-refractivity contribution in [2.24, 2.45) is 0 Å². The topological polar surface area (TPSA) is 21.3 Å². The van der Waals surface area contributed by atoms with E-state index in [1.165, 1.54) is 6.26 Å². The van der Waals surface area contributed by atoms with E-state index in [-0.39, 0.29) is 0 Å². The van der Waals surface area contributed by atoms with Crippen LogP contribution in [-0.4, -0.2) is 25.4 Å². The molecular weight excluding hydrogens is 207 g/mol. The van der Waals surface area contributed by atoms with Gasteiger partial charge in [0, 0.05) is 0 Å². The van der Waals surface area contributed by atoms with Crippen molar-refractivity contribution in [2.75, 3.05) is 13.2 Å². The number of nitrogens with one attached hydrogen (secondary N) is 1. The van der Waals surface area contributed by atoms with Crippen molar-refractivity contribution in [3.05, 3.63) is 11.8 Å². The Morgan fingerprint density at radius 2 is 2.27 bits per heavy atom. The molecule has 88 valence electrons. The number of hydrogen-bond acceptors (Lipinski definition) is 2. The molecular formula is C10H16F3NO. The van der Waals surface area contributed by atoms with Crippen molar-refractivity contribution >= 4 is 0 Å². The van der Waals surface area contributed by atoms with Crippen molar-refractivity contribution in [1.29, 1.82) is 0 Å². The summed E-state index contributed by atoms with van der Waals surface area (Å²) in [7, 11) is 0. The summed E-state index contributed by atoms with van der Waals surface area (Å²) >= 11 is 0. The lowest BCUT2D eigenvalue weighted by molar-refractivity contribution is -0.148. The molecule has 1 rings (SSSR count). The predicted octanol–water partition coefficient (Wildman–Crippen LogP) is 2.61. The van der Waals surface area contributed by atoms with Gasteiger partial charge in [0.15, 0.2) is 0 Å². The van der Waals surface area contributed by atoms with Gasteiger partial charge in [0.1, 0.15) is 6.04 Å². The SMILES string of the molecule is CCCNC(C1=COCCC1)C(F)(F)F. The molecule has 1 aliphatic rings. The number of alkyl halides is 3. The summed E-state index contributed by atoms with van der Waals surface area (Å²) < 4.78 is 42.9. The fourth-order valence-corrected chi connectivity index (χ4v) is 1.54. The Morgan fingerprint density at radius 1 is 1.53 bits per heavy atom. The first-order chi connectivity index (χ1) is 7.05. The maximum Gasteiger partial charge on any atom is 0.407 e. The first-order valence-corrected chi connectivity index (χ1v) is 5.16. The highest BCUT2D eigenvalue weighted by atomic mass is 19.4. The van der Waals surface area contributed by atoms with E-state index in [4.69, 9.17) is 4.74 Å². The molecule has 0 spiro atoms. The van der Waals surface area contributed by atoms with Crippen LogP contribution in [0, 0.1) is 0 Å². The van der Waals surface area contributed by atoms with Crippen LogP contribution in [0.4, 0.5) is 13.2 Å². The van der Waals surface area contributed by atoms with Crippen LogP contribution in [0.2, 0.25) is 0 Å². The summed E-state index contributed by atoms with van der Waals surface area (Å²) in [6.07, 6.45) is -1.18. The lowest BCUT2D eigenvalue weighted by Crippen LogP contribution is -2.44. The van der Waals surface area contributed by atoms with E-state index in [0.717, 1.165) is 0 Å². The normalized spacial score (nSPS) is 19.3. The Balaban J connectivity index is 2.66. The largest absolute Gasteiger partial charge is 0.501 e. The number of rotatable bonds is 4. The Morgan fingerprint density at radius 3 is 2.73 bits per heavy atom. The van der Waals surface area contributed by atoms with Crippen LogP contribution >= 0.6 is 0 Å². The summed E-state index contributed by atoms with van der Waals surface area (Å²) in [5.74, 6) is 0. The van der Waals surface area contributed by atoms with E-state index in [9.17, 15) is 13.2 Å². The van der Waals surface area contributed by atoms with Gasteiger partial charge < -0.3 is 10.1 Å². The molecule has 1 unspecified atom stereocenters. The van der Waals surface area contributed by atoms with Crippen molar-refractivity contribution < 1.29 is 17.9 Å². The second-order valence-electron chi connectivity index (χ2n) is 3.60. The lowest BCUT2D eigenvalue weighted by Gasteiger charge is -2.26. The zero-order valence-corrected chi connectivity index (χ0v) is 8.73. The maximum absolute atomic E-state index is 12.7. The van der Waals surface area contributed by atoms with Gasteiger partial charge in [-0.2, -0.15) is 13.2 Å². The molecule has 1 heterocycles. The molecule has 0 saturated carbocycles. The van der Waals surface area contributed by atoms with E-state index in [0.29, 0.717) is 38.0 Å². The highest BCUT2D eigenvalue weighted by Crippen LogP contribution is 2.29. The third-order valence-corrected chi connectivity index (χ3v) is 2.26. The quantitative estimate of drug-likeness (QED) is 0.791. The van der Waals surface area contributed by atoms with Gasteiger partial charge >= 0.3 is 6.18 Å². The van der Waals surface area contributed by atoms with E-state index in [1.807, 2.05) is 6.92 Å². The molecule has 0 aromatic heterocycles. The molecule has 0 aliphatic carbocycles. The van der Waals surface area contributed by atoms with Gasteiger partial charge in [-0.3, -0.25) is 0 Å². The molecule has 15 heavy (non-hydrogen) atoms. The third-order valence-electron chi connectivity index (χ3n) is 2.26. The van der Waals surface area contributed by atoms with Crippen molar-refractivity contribution in [3.63, 3.8) is 0 Å². The van der Waals surface area contributed by atoms with Crippen LogP contribution in [0.15, 0.2) is 11.8 Å². The van der Waals surface area contributed by atoms with Gasteiger partial charge in [-0.1, -0.05) is 6.92 Å². The predicted molar refractivity (Wildman–Crippen MR) is 51.4 cm³/mol. The fourth-order valence-electron chi connectivity index (χ4n) is 1.54. The number of halogens is 3. The minimum absolute atomic E-state index is 0.308. The summed E-state index contributed by atoms with van der Waals surface area (Å²) in [5.41, 5.74) is 0.308. The van der Waals surface area contributed by atoms with Crippen molar-refractivity contribution in [1.82, 2.24) is 5.32 Å². The minimum Gasteiger partial charge on any atom is -0.501 e. The van der Waals surface area contributed by atoms with E-state index in [2.05, 4.69) is 5.32 Å². The maximum atomic E-state index is 12.7. The Hall–Kier alpha value is -0.710. The molecule has 0 radical (unpaired) electrons. The zero-order valence-electron chi connectivity index (χ0n) is 8.73. The smallest absolute Gasteiger partial charge is 0.407 e. The molecule has 1 atom stereocenters. The second kappa shape index (κ2) is 5.39. The first kappa shape index (κ1) is 12.4. The average molecular weight is 223 g/mol. The fraction of sp³-hybridized carbons (Fsp3) is 0.800. The van der Waals surface area contributed by atoms with Crippen LogP contribution < -0.4 is 5.32 Å². The first-order valence-electron chi connectivity index (χ1n) is 5.16. The average Bonchev–Trinajstić information content (AvgIpc) is 2.18. The van der Waals surface area contributed by atoms with Crippen LogP contribution in [0.5, 0.6) is 0 Å². The zero-order chi connectivity index (χ0) is 11.3. The molecule has 0 amide bonds. The molecule has 0 aromatic rings. The molecule has 2 nitrogen and oxygen atoms in total. The van der Waals surface area contributed by atoms with E-state index in [1.54, 1.807) is 0 Å². The number of ether oxygens (including phenoxy) is 1. The van der Waals surface area contributed by atoms with Gasteiger partial charge in [0.25, 0.3) is 0 Å². The number of hydrogen-bond donors (Lipinski definition) is 1. The standard InChI is InChI=1S/C10H16F3NO/c1-2-5-14-9(10(11,12)13)8-4-3-6-15-7-8/h7,9,14H,2-6H2,1H3. The molecule has 5 heteroatoms. The lowest BCUT2D eigenvalue weighted by atomic mass is 10.0. The summed E-state index contributed by atoms with van der Waals surface area (Å²) in [6, 6.07) is -1.54. The Labute approximate surface area is 87.5 Å². The van der Waals surface area contributed by atoms with Gasteiger partial charge in [0.2, 0.25) is 0 Å². The van der Waals surface area contributed by atoms with Crippen molar-refractivity contribution in [2.45, 2.75) is 38.4 Å². The van der Waals surface area contributed by atoms with E-state index >= 15 is 0 Å². The highest BCUT2D eigenvalue weighted by Gasteiger charge is 2.41. The Bertz CT molecular complexity index is 225. The Kier molecular flexibility index (Phi) is 4.45. The summed E-state index contributed by atoms with van der Waals surface area (Å²) in [6.45, 7) is 2.72. The van der Waals surface area contributed by atoms with Crippen LogP contribution in [-0.2, 0) is 4.74 Å². The molecule has 0 saturated heterocycles. The third kappa shape index (κ3) is 3.74. The van der Waals surface area contributed by atoms with Gasteiger partial charge in [-0.25, -0.2) is 0 Å². The van der Waals surface area contributed by atoms with Crippen LogP contribution in [0.1, 0.15) is 26.2 Å². The van der Waals surface area contributed by atoms with Crippen LogP contribution in [0.3, 0.4) is 0 Å². The molecule has 0 bridgehead atoms.